The lowest BCUT2D eigenvalue weighted by molar-refractivity contribution is -0.304. The molecule has 0 fully saturated rings. The molecule has 2 aromatic carbocycles. The number of aliphatic carboxylic acids is 1. The van der Waals surface area contributed by atoms with Crippen LogP contribution in [0.3, 0.4) is 0 Å². The Morgan fingerprint density at radius 2 is 1.83 bits per heavy atom. The molecule has 0 N–H and O–H groups in total. The molecule has 0 amide bonds. The van der Waals surface area contributed by atoms with Crippen LogP contribution in [-0.4, -0.2) is 18.9 Å². The molecule has 0 atom stereocenters. The van der Waals surface area contributed by atoms with Crippen molar-refractivity contribution in [3.8, 4) is 5.75 Å². The van der Waals surface area contributed by atoms with Crippen LogP contribution in [0.1, 0.15) is 34.0 Å². The van der Waals surface area contributed by atoms with E-state index in [4.69, 9.17) is 4.74 Å². The van der Waals surface area contributed by atoms with Gasteiger partial charge in [-0.2, -0.15) is 0 Å². The van der Waals surface area contributed by atoms with Gasteiger partial charge in [-0.25, -0.2) is 0 Å². The zero-order valence-electron chi connectivity index (χ0n) is 13.7. The second kappa shape index (κ2) is 8.11. The van der Waals surface area contributed by atoms with Crippen molar-refractivity contribution in [2.24, 2.45) is 0 Å². The summed E-state index contributed by atoms with van der Waals surface area (Å²) >= 11 is 0. The molecule has 0 bridgehead atoms. The largest absolute Gasteiger partial charge is 0.550 e. The summed E-state index contributed by atoms with van der Waals surface area (Å²) in [5.74, 6) is -0.990. The number of carbonyl (C=O) groups excluding carboxylic acids is 2. The SMILES string of the molecule is CCc1ccc(/C=C/C(=O)c2ccc(OC)c(CC(=O)[O-])c2)cc1. The Morgan fingerprint density at radius 3 is 2.42 bits per heavy atom. The lowest BCUT2D eigenvalue weighted by atomic mass is 10.0. The first-order valence-corrected chi connectivity index (χ1v) is 7.71. The highest BCUT2D eigenvalue weighted by molar-refractivity contribution is 6.07. The normalized spacial score (nSPS) is 10.8. The molecule has 124 valence electrons. The maximum Gasteiger partial charge on any atom is 0.185 e. The maximum atomic E-state index is 12.3. The van der Waals surface area contributed by atoms with Crippen LogP contribution in [0.25, 0.3) is 6.08 Å². The van der Waals surface area contributed by atoms with E-state index in [1.807, 2.05) is 24.3 Å². The number of benzene rings is 2. The van der Waals surface area contributed by atoms with Gasteiger partial charge in [0.05, 0.1) is 7.11 Å². The van der Waals surface area contributed by atoms with Gasteiger partial charge in [-0.05, 0) is 41.8 Å². The zero-order valence-corrected chi connectivity index (χ0v) is 13.7. The Bertz CT molecular complexity index is 758. The number of allylic oxidation sites excluding steroid dienone is 1. The van der Waals surface area contributed by atoms with E-state index in [0.29, 0.717) is 16.9 Å². The van der Waals surface area contributed by atoms with Crippen LogP contribution >= 0.6 is 0 Å². The fourth-order valence-electron chi connectivity index (χ4n) is 2.36. The first-order valence-electron chi connectivity index (χ1n) is 7.71. The molecule has 4 nitrogen and oxygen atoms in total. The molecule has 2 aromatic rings. The molecule has 0 aliphatic rings. The summed E-state index contributed by atoms with van der Waals surface area (Å²) < 4.78 is 5.11. The molecule has 0 unspecified atom stereocenters. The van der Waals surface area contributed by atoms with E-state index in [9.17, 15) is 14.7 Å². The van der Waals surface area contributed by atoms with Gasteiger partial charge < -0.3 is 14.6 Å². The third kappa shape index (κ3) is 4.56. The summed E-state index contributed by atoms with van der Waals surface area (Å²) in [6.45, 7) is 2.09. The van der Waals surface area contributed by atoms with Gasteiger partial charge in [0.25, 0.3) is 0 Å². The Hall–Kier alpha value is -2.88. The van der Waals surface area contributed by atoms with Gasteiger partial charge in [-0.15, -0.1) is 0 Å². The van der Waals surface area contributed by atoms with E-state index in [2.05, 4.69) is 6.92 Å². The molecule has 24 heavy (non-hydrogen) atoms. The third-order valence-corrected chi connectivity index (χ3v) is 3.71. The average molecular weight is 323 g/mol. The van der Waals surface area contributed by atoms with Crippen molar-refractivity contribution in [2.45, 2.75) is 19.8 Å². The predicted octanol–water partition coefficient (Wildman–Crippen LogP) is 2.45. The number of hydrogen-bond acceptors (Lipinski definition) is 4. The van der Waals surface area contributed by atoms with Crippen molar-refractivity contribution in [1.82, 2.24) is 0 Å². The van der Waals surface area contributed by atoms with E-state index >= 15 is 0 Å². The standard InChI is InChI=1S/C20H20O4/c1-3-14-4-6-15(7-5-14)8-10-18(21)16-9-11-19(24-2)17(12-16)13-20(22)23/h4-12H,3,13H2,1-2H3,(H,22,23)/p-1/b10-8+. The predicted molar refractivity (Wildman–Crippen MR) is 90.9 cm³/mol. The van der Waals surface area contributed by atoms with Gasteiger partial charge in [-0.1, -0.05) is 37.3 Å². The van der Waals surface area contributed by atoms with Crippen molar-refractivity contribution >= 4 is 17.8 Å². The number of carbonyl (C=O) groups is 2. The van der Waals surface area contributed by atoms with E-state index in [0.717, 1.165) is 12.0 Å². The van der Waals surface area contributed by atoms with Crippen LogP contribution in [0.5, 0.6) is 5.75 Å². The number of hydrogen-bond donors (Lipinski definition) is 0. The minimum Gasteiger partial charge on any atom is -0.550 e. The smallest absolute Gasteiger partial charge is 0.185 e. The lowest BCUT2D eigenvalue weighted by Crippen LogP contribution is -2.24. The number of ketones is 1. The molecule has 0 heterocycles. The average Bonchev–Trinajstić information content (AvgIpc) is 2.59. The van der Waals surface area contributed by atoms with Crippen LogP contribution in [-0.2, 0) is 17.6 Å². The van der Waals surface area contributed by atoms with Gasteiger partial charge in [0.1, 0.15) is 5.75 Å². The van der Waals surface area contributed by atoms with Gasteiger partial charge >= 0.3 is 0 Å². The van der Waals surface area contributed by atoms with Crippen LogP contribution in [0.4, 0.5) is 0 Å². The van der Waals surface area contributed by atoms with E-state index in [-0.39, 0.29) is 12.2 Å². The summed E-state index contributed by atoms with van der Waals surface area (Å²) in [7, 11) is 1.45. The number of carboxylic acids is 1. The van der Waals surface area contributed by atoms with E-state index in [1.54, 1.807) is 18.2 Å². The Labute approximate surface area is 141 Å². The molecule has 0 aliphatic heterocycles. The summed E-state index contributed by atoms with van der Waals surface area (Å²) in [6, 6.07) is 12.7. The first-order chi connectivity index (χ1) is 11.5. The summed E-state index contributed by atoms with van der Waals surface area (Å²) in [4.78, 5) is 23.1. The van der Waals surface area contributed by atoms with Crippen molar-refractivity contribution in [3.05, 3.63) is 70.8 Å². The minimum absolute atomic E-state index is 0.197. The summed E-state index contributed by atoms with van der Waals surface area (Å²) in [6.07, 6.45) is 3.89. The molecule has 0 saturated heterocycles. The maximum absolute atomic E-state index is 12.3. The molecular weight excluding hydrogens is 304 g/mol. The molecular formula is C20H19O4-. The molecule has 0 aromatic heterocycles. The minimum atomic E-state index is -1.22. The first kappa shape index (κ1) is 17.5. The molecule has 0 aliphatic carbocycles. The zero-order chi connectivity index (χ0) is 17.5. The Kier molecular flexibility index (Phi) is 5.90. The van der Waals surface area contributed by atoms with Crippen molar-refractivity contribution < 1.29 is 19.4 Å². The van der Waals surface area contributed by atoms with Gasteiger partial charge in [0.15, 0.2) is 5.78 Å². The van der Waals surface area contributed by atoms with Crippen LogP contribution in [0.2, 0.25) is 0 Å². The fourth-order valence-corrected chi connectivity index (χ4v) is 2.36. The van der Waals surface area contributed by atoms with Crippen LogP contribution in [0, 0.1) is 0 Å². The second-order valence-electron chi connectivity index (χ2n) is 5.37. The topological polar surface area (TPSA) is 66.4 Å². The Morgan fingerprint density at radius 1 is 1.12 bits per heavy atom. The third-order valence-electron chi connectivity index (χ3n) is 3.71. The van der Waals surface area contributed by atoms with E-state index < -0.39 is 5.97 Å². The molecule has 0 saturated carbocycles. The molecule has 0 spiro atoms. The molecule has 4 heteroatoms. The second-order valence-corrected chi connectivity index (χ2v) is 5.37. The van der Waals surface area contributed by atoms with Crippen LogP contribution < -0.4 is 9.84 Å². The highest BCUT2D eigenvalue weighted by atomic mass is 16.5. The number of aryl methyl sites for hydroxylation is 1. The van der Waals surface area contributed by atoms with Crippen molar-refractivity contribution in [3.63, 3.8) is 0 Å². The van der Waals surface area contributed by atoms with Gasteiger partial charge in [0, 0.05) is 23.5 Å². The molecule has 2 rings (SSSR count). The summed E-state index contributed by atoms with van der Waals surface area (Å²) in [5.41, 5.74) is 3.00. The van der Waals surface area contributed by atoms with Crippen molar-refractivity contribution in [2.75, 3.05) is 7.11 Å². The van der Waals surface area contributed by atoms with Gasteiger partial charge in [0.2, 0.25) is 0 Å². The van der Waals surface area contributed by atoms with Crippen LogP contribution in [0.15, 0.2) is 48.5 Å². The highest BCUT2D eigenvalue weighted by Crippen LogP contribution is 2.21. The van der Waals surface area contributed by atoms with Crippen molar-refractivity contribution in [1.29, 1.82) is 0 Å². The van der Waals surface area contributed by atoms with E-state index in [1.165, 1.54) is 24.8 Å². The lowest BCUT2D eigenvalue weighted by Gasteiger charge is -2.10. The number of ether oxygens (including phenoxy) is 1. The number of rotatable bonds is 7. The monoisotopic (exact) mass is 323 g/mol. The Balaban J connectivity index is 2.19. The van der Waals surface area contributed by atoms with Gasteiger partial charge in [-0.3, -0.25) is 4.79 Å². The highest BCUT2D eigenvalue weighted by Gasteiger charge is 2.08. The number of carboxylic acid groups (broad SMARTS) is 1. The quantitative estimate of drug-likeness (QED) is 0.580. The summed E-state index contributed by atoms with van der Waals surface area (Å²) in [5, 5.41) is 10.8. The fraction of sp³-hybridized carbons (Fsp3) is 0.200. The molecule has 0 radical (unpaired) electrons. The number of methoxy groups -OCH3 is 1.